The topological polar surface area (TPSA) is 73.4 Å². The molecule has 7 heteroatoms. The van der Waals surface area contributed by atoms with Crippen LogP contribution in [0.5, 0.6) is 0 Å². The molecule has 124 valence electrons. The van der Waals surface area contributed by atoms with Gasteiger partial charge in [0.25, 0.3) is 5.91 Å². The molecule has 0 saturated carbocycles. The fourth-order valence-electron chi connectivity index (χ4n) is 3.07. The number of carbonyl (C=O) groups is 1. The lowest BCUT2D eigenvalue weighted by Crippen LogP contribution is -2.30. The normalized spacial score (nSPS) is 21.1. The number of methoxy groups -OCH3 is 1. The van der Waals surface area contributed by atoms with Crippen molar-refractivity contribution in [1.29, 1.82) is 0 Å². The van der Waals surface area contributed by atoms with Crippen LogP contribution in [0.2, 0.25) is 0 Å². The van der Waals surface area contributed by atoms with E-state index in [2.05, 4.69) is 10.3 Å². The first-order valence-electron chi connectivity index (χ1n) is 7.73. The minimum Gasteiger partial charge on any atom is -0.379 e. The van der Waals surface area contributed by atoms with E-state index in [1.807, 2.05) is 37.9 Å². The van der Waals surface area contributed by atoms with Crippen LogP contribution in [0.4, 0.5) is 0 Å². The Balaban J connectivity index is 1.71. The number of amides is 1. The molecule has 2 atom stereocenters. The van der Waals surface area contributed by atoms with Gasteiger partial charge >= 0.3 is 0 Å². The number of ether oxygens (including phenoxy) is 1. The Morgan fingerprint density at radius 2 is 2.17 bits per heavy atom. The maximum absolute atomic E-state index is 12.6. The molecule has 3 heterocycles. The fourth-order valence-corrected chi connectivity index (χ4v) is 3.07. The molecule has 0 radical (unpaired) electrons. The van der Waals surface area contributed by atoms with Gasteiger partial charge in [-0.1, -0.05) is 5.16 Å². The molecule has 0 spiro atoms. The predicted octanol–water partition coefficient (Wildman–Crippen LogP) is 1.35. The van der Waals surface area contributed by atoms with Crippen LogP contribution in [-0.2, 0) is 18.2 Å². The molecule has 1 saturated heterocycles. The molecule has 2 aromatic rings. The summed E-state index contributed by atoms with van der Waals surface area (Å²) in [5, 5.41) is 8.19. The highest BCUT2D eigenvalue weighted by atomic mass is 16.5. The van der Waals surface area contributed by atoms with Gasteiger partial charge < -0.3 is 14.2 Å². The van der Waals surface area contributed by atoms with Crippen molar-refractivity contribution in [2.75, 3.05) is 20.2 Å². The molecule has 7 nitrogen and oxygen atoms in total. The van der Waals surface area contributed by atoms with Crippen molar-refractivity contribution >= 4 is 5.91 Å². The average molecular weight is 318 g/mol. The highest BCUT2D eigenvalue weighted by Gasteiger charge is 2.37. The first kappa shape index (κ1) is 15.7. The molecule has 0 aromatic carbocycles. The molecule has 0 N–H and O–H groups in total. The van der Waals surface area contributed by atoms with Gasteiger partial charge in [0.15, 0.2) is 5.69 Å². The third-order valence-electron chi connectivity index (χ3n) is 4.44. The Hall–Kier alpha value is -2.15. The lowest BCUT2D eigenvalue weighted by atomic mass is 10.0. The largest absolute Gasteiger partial charge is 0.379 e. The lowest BCUT2D eigenvalue weighted by molar-refractivity contribution is 0.0668. The zero-order valence-corrected chi connectivity index (χ0v) is 13.9. The number of hydrogen-bond acceptors (Lipinski definition) is 5. The second-order valence-corrected chi connectivity index (χ2v) is 6.18. The Kier molecular flexibility index (Phi) is 4.21. The predicted molar refractivity (Wildman–Crippen MR) is 83.1 cm³/mol. The summed E-state index contributed by atoms with van der Waals surface area (Å²) >= 11 is 0. The van der Waals surface area contributed by atoms with E-state index >= 15 is 0 Å². The van der Waals surface area contributed by atoms with E-state index in [4.69, 9.17) is 9.26 Å². The Morgan fingerprint density at radius 1 is 1.39 bits per heavy atom. The van der Waals surface area contributed by atoms with Gasteiger partial charge in [0.05, 0.1) is 11.8 Å². The van der Waals surface area contributed by atoms with Crippen LogP contribution in [0.1, 0.15) is 27.6 Å². The van der Waals surface area contributed by atoms with Crippen molar-refractivity contribution in [2.24, 2.45) is 13.0 Å². The maximum atomic E-state index is 12.6. The fraction of sp³-hybridized carbons (Fsp3) is 0.562. The molecule has 1 amide bonds. The van der Waals surface area contributed by atoms with Crippen LogP contribution in [-0.4, -0.2) is 52.0 Å². The summed E-state index contributed by atoms with van der Waals surface area (Å²) in [5.74, 6) is 0.977. The summed E-state index contributed by atoms with van der Waals surface area (Å²) < 4.78 is 12.6. The molecule has 1 aliphatic rings. The van der Waals surface area contributed by atoms with Crippen molar-refractivity contribution in [3.63, 3.8) is 0 Å². The minimum atomic E-state index is -0.0491. The highest BCUT2D eigenvalue weighted by Crippen LogP contribution is 2.25. The molecule has 0 bridgehead atoms. The molecule has 3 rings (SSSR count). The second-order valence-electron chi connectivity index (χ2n) is 6.18. The van der Waals surface area contributed by atoms with Gasteiger partial charge in [-0.15, -0.1) is 0 Å². The summed E-state index contributed by atoms with van der Waals surface area (Å²) in [7, 11) is 3.52. The Bertz CT molecular complexity index is 686. The number of likely N-dealkylation sites (tertiary alicyclic amines) is 1. The number of carbonyl (C=O) groups excluding carboxylic acids is 1. The number of aryl methyl sites for hydroxylation is 3. The van der Waals surface area contributed by atoms with Crippen LogP contribution in [0.3, 0.4) is 0 Å². The smallest absolute Gasteiger partial charge is 0.274 e. The van der Waals surface area contributed by atoms with E-state index in [0.29, 0.717) is 25.2 Å². The summed E-state index contributed by atoms with van der Waals surface area (Å²) in [6.45, 7) is 5.03. The molecule has 0 aliphatic carbocycles. The third kappa shape index (κ3) is 3.14. The Morgan fingerprint density at radius 3 is 2.74 bits per heavy atom. The summed E-state index contributed by atoms with van der Waals surface area (Å²) in [4.78, 5) is 14.4. The van der Waals surface area contributed by atoms with E-state index in [0.717, 1.165) is 17.1 Å². The van der Waals surface area contributed by atoms with Gasteiger partial charge in [-0.3, -0.25) is 9.48 Å². The summed E-state index contributed by atoms with van der Waals surface area (Å²) in [6.07, 6.45) is 0.707. The second kappa shape index (κ2) is 6.16. The maximum Gasteiger partial charge on any atom is 0.274 e. The van der Waals surface area contributed by atoms with Crippen molar-refractivity contribution in [1.82, 2.24) is 19.8 Å². The third-order valence-corrected chi connectivity index (χ3v) is 4.44. The van der Waals surface area contributed by atoms with E-state index in [1.165, 1.54) is 0 Å². The summed E-state index contributed by atoms with van der Waals surface area (Å²) in [5.41, 5.74) is 2.31. The van der Waals surface area contributed by atoms with E-state index in [9.17, 15) is 4.79 Å². The molecule has 0 unspecified atom stereocenters. The minimum absolute atomic E-state index is 0.00540. The number of rotatable bonds is 4. The molecular formula is C16H22N4O3. The molecular weight excluding hydrogens is 296 g/mol. The zero-order chi connectivity index (χ0) is 16.6. The molecule has 1 aliphatic heterocycles. The first-order chi connectivity index (χ1) is 11.0. The van der Waals surface area contributed by atoms with E-state index in [-0.39, 0.29) is 17.9 Å². The van der Waals surface area contributed by atoms with Crippen LogP contribution < -0.4 is 0 Å². The summed E-state index contributed by atoms with van der Waals surface area (Å²) in [6, 6.07) is 3.75. The quantitative estimate of drug-likeness (QED) is 0.851. The van der Waals surface area contributed by atoms with Crippen molar-refractivity contribution in [3.8, 4) is 0 Å². The first-order valence-corrected chi connectivity index (χ1v) is 7.73. The SMILES string of the molecule is CO[C@H]1CN(C(=O)c2cc(C)n(C)n2)C[C@H]1Cc1cc(C)no1. The van der Waals surface area contributed by atoms with Crippen LogP contribution in [0, 0.1) is 19.8 Å². The van der Waals surface area contributed by atoms with Crippen molar-refractivity contribution in [2.45, 2.75) is 26.4 Å². The molecule has 23 heavy (non-hydrogen) atoms. The Labute approximate surface area is 135 Å². The van der Waals surface area contributed by atoms with Gasteiger partial charge in [0.1, 0.15) is 5.76 Å². The molecule has 2 aromatic heterocycles. The van der Waals surface area contributed by atoms with Crippen LogP contribution >= 0.6 is 0 Å². The van der Waals surface area contributed by atoms with Gasteiger partial charge in [-0.05, 0) is 19.9 Å². The van der Waals surface area contributed by atoms with E-state index in [1.54, 1.807) is 11.8 Å². The number of aromatic nitrogens is 3. The van der Waals surface area contributed by atoms with Crippen LogP contribution in [0.15, 0.2) is 16.7 Å². The van der Waals surface area contributed by atoms with Gasteiger partial charge in [-0.2, -0.15) is 5.10 Å². The van der Waals surface area contributed by atoms with Gasteiger partial charge in [0, 0.05) is 51.3 Å². The number of nitrogens with zero attached hydrogens (tertiary/aromatic N) is 4. The van der Waals surface area contributed by atoms with E-state index < -0.39 is 0 Å². The zero-order valence-electron chi connectivity index (χ0n) is 13.9. The molecule has 1 fully saturated rings. The lowest BCUT2D eigenvalue weighted by Gasteiger charge is -2.14. The van der Waals surface area contributed by atoms with Crippen LogP contribution in [0.25, 0.3) is 0 Å². The number of hydrogen-bond donors (Lipinski definition) is 0. The monoisotopic (exact) mass is 318 g/mol. The van der Waals surface area contributed by atoms with Crippen molar-refractivity contribution in [3.05, 3.63) is 35.0 Å². The average Bonchev–Trinajstić information content (AvgIpc) is 3.20. The highest BCUT2D eigenvalue weighted by molar-refractivity contribution is 5.92. The van der Waals surface area contributed by atoms with Gasteiger partial charge in [0.2, 0.25) is 0 Å². The van der Waals surface area contributed by atoms with Gasteiger partial charge in [-0.25, -0.2) is 0 Å². The van der Waals surface area contributed by atoms with Crippen molar-refractivity contribution < 1.29 is 14.1 Å². The standard InChI is InChI=1S/C16H22N4O3/c1-10-5-13(23-18-10)7-12-8-20(9-15(12)22-4)16(21)14-6-11(2)19(3)17-14/h5-6,12,15H,7-9H2,1-4H3/t12-,15+/m1/s1.